The van der Waals surface area contributed by atoms with Gasteiger partial charge in [-0.3, -0.25) is 9.78 Å². The molecule has 1 amide bonds. The summed E-state index contributed by atoms with van der Waals surface area (Å²) in [6.07, 6.45) is 7.59. The van der Waals surface area contributed by atoms with Crippen molar-refractivity contribution < 1.29 is 13.2 Å². The number of hydrogen-bond acceptors (Lipinski definition) is 4. The van der Waals surface area contributed by atoms with Crippen molar-refractivity contribution in [3.63, 3.8) is 0 Å². The molecule has 24 heavy (non-hydrogen) atoms. The van der Waals surface area contributed by atoms with Gasteiger partial charge in [0.25, 0.3) is 5.91 Å². The predicted molar refractivity (Wildman–Crippen MR) is 89.9 cm³/mol. The van der Waals surface area contributed by atoms with Crippen LogP contribution in [0.2, 0.25) is 0 Å². The van der Waals surface area contributed by atoms with E-state index in [4.69, 9.17) is 0 Å². The molecule has 3 heterocycles. The molecule has 3 fully saturated rings. The van der Waals surface area contributed by atoms with Crippen LogP contribution in [0.25, 0.3) is 0 Å². The first kappa shape index (κ1) is 16.0. The molecule has 1 aromatic heterocycles. The van der Waals surface area contributed by atoms with Gasteiger partial charge >= 0.3 is 0 Å². The van der Waals surface area contributed by atoms with Crippen LogP contribution in [0.5, 0.6) is 0 Å². The molecule has 0 radical (unpaired) electrons. The standard InChI is InChI=1S/C17H23N3O3S/c21-16(14-2-1-8-18-12-14)19-9-5-17(13-19)6-10-20(11-7-17)24(22,23)15-3-4-15/h1-2,8,12,15H,3-7,9-11,13H2. The van der Waals surface area contributed by atoms with E-state index >= 15 is 0 Å². The fourth-order valence-corrected chi connectivity index (χ4v) is 5.83. The highest BCUT2D eigenvalue weighted by Crippen LogP contribution is 2.42. The van der Waals surface area contributed by atoms with Crippen LogP contribution in [0.4, 0.5) is 0 Å². The third kappa shape index (κ3) is 2.84. The second-order valence-electron chi connectivity index (χ2n) is 7.36. The summed E-state index contributed by atoms with van der Waals surface area (Å²) in [5, 5.41) is -0.126. The smallest absolute Gasteiger partial charge is 0.255 e. The SMILES string of the molecule is O=C(c1cccnc1)N1CCC2(CCN(S(=O)(=O)C3CC3)CC2)C1. The predicted octanol–water partition coefficient (Wildman–Crippen LogP) is 1.50. The Kier molecular flexibility index (Phi) is 3.88. The van der Waals surface area contributed by atoms with Gasteiger partial charge in [-0.15, -0.1) is 0 Å². The van der Waals surface area contributed by atoms with Crippen LogP contribution >= 0.6 is 0 Å². The molecule has 130 valence electrons. The zero-order valence-electron chi connectivity index (χ0n) is 13.7. The average molecular weight is 349 g/mol. The van der Waals surface area contributed by atoms with Crippen molar-refractivity contribution in [2.75, 3.05) is 26.2 Å². The van der Waals surface area contributed by atoms with Crippen LogP contribution in [0, 0.1) is 5.41 Å². The molecule has 1 aliphatic carbocycles. The van der Waals surface area contributed by atoms with Crippen LogP contribution in [-0.4, -0.2) is 59.9 Å². The van der Waals surface area contributed by atoms with Crippen LogP contribution < -0.4 is 0 Å². The van der Waals surface area contributed by atoms with Crippen molar-refractivity contribution in [3.05, 3.63) is 30.1 Å². The molecule has 3 aliphatic rings. The summed E-state index contributed by atoms with van der Waals surface area (Å²) < 4.78 is 26.4. The summed E-state index contributed by atoms with van der Waals surface area (Å²) in [5.74, 6) is 0.0352. The third-order valence-corrected chi connectivity index (χ3v) is 8.12. The number of rotatable bonds is 3. The second-order valence-corrected chi connectivity index (χ2v) is 9.57. The fourth-order valence-electron chi connectivity index (χ4n) is 3.98. The number of hydrogen-bond donors (Lipinski definition) is 0. The Balaban J connectivity index is 1.39. The number of carbonyl (C=O) groups excluding carboxylic acids is 1. The van der Waals surface area contributed by atoms with E-state index in [1.807, 2.05) is 4.90 Å². The lowest BCUT2D eigenvalue weighted by molar-refractivity contribution is 0.0750. The number of aromatic nitrogens is 1. The first-order valence-corrected chi connectivity index (χ1v) is 10.2. The Morgan fingerprint density at radius 2 is 1.88 bits per heavy atom. The van der Waals surface area contributed by atoms with Crippen molar-refractivity contribution in [2.24, 2.45) is 5.41 Å². The Hall–Kier alpha value is -1.47. The van der Waals surface area contributed by atoms with Crippen LogP contribution in [0.1, 0.15) is 42.5 Å². The largest absolute Gasteiger partial charge is 0.338 e. The first-order valence-electron chi connectivity index (χ1n) is 8.69. The van der Waals surface area contributed by atoms with Gasteiger partial charge in [-0.25, -0.2) is 12.7 Å². The maximum atomic E-state index is 12.6. The van der Waals surface area contributed by atoms with Crippen molar-refractivity contribution in [1.82, 2.24) is 14.2 Å². The number of pyridine rings is 1. The van der Waals surface area contributed by atoms with Gasteiger partial charge in [-0.1, -0.05) is 0 Å². The van der Waals surface area contributed by atoms with Gasteiger partial charge in [0.05, 0.1) is 10.8 Å². The van der Waals surface area contributed by atoms with Gasteiger partial charge < -0.3 is 4.90 Å². The van der Waals surface area contributed by atoms with Crippen molar-refractivity contribution in [1.29, 1.82) is 0 Å². The molecular formula is C17H23N3O3S. The number of nitrogens with zero attached hydrogens (tertiary/aromatic N) is 3. The van der Waals surface area contributed by atoms with Crippen molar-refractivity contribution in [2.45, 2.75) is 37.4 Å². The van der Waals surface area contributed by atoms with E-state index in [1.165, 1.54) is 0 Å². The van der Waals surface area contributed by atoms with Crippen LogP contribution in [0.3, 0.4) is 0 Å². The van der Waals surface area contributed by atoms with E-state index in [1.54, 1.807) is 28.8 Å². The zero-order valence-corrected chi connectivity index (χ0v) is 14.5. The summed E-state index contributed by atoms with van der Waals surface area (Å²) in [6, 6.07) is 3.57. The number of likely N-dealkylation sites (tertiary alicyclic amines) is 1. The molecule has 7 heteroatoms. The maximum absolute atomic E-state index is 12.6. The Morgan fingerprint density at radius 3 is 2.50 bits per heavy atom. The summed E-state index contributed by atoms with van der Waals surface area (Å²) >= 11 is 0. The van der Waals surface area contributed by atoms with E-state index in [9.17, 15) is 13.2 Å². The quantitative estimate of drug-likeness (QED) is 0.829. The number of carbonyl (C=O) groups is 1. The fraction of sp³-hybridized carbons (Fsp3) is 0.647. The van der Waals surface area contributed by atoms with Gasteiger partial charge in [0.2, 0.25) is 10.0 Å². The number of amides is 1. The van der Waals surface area contributed by atoms with Crippen molar-refractivity contribution in [3.8, 4) is 0 Å². The Morgan fingerprint density at radius 1 is 1.17 bits per heavy atom. The number of piperidine rings is 1. The maximum Gasteiger partial charge on any atom is 0.255 e. The van der Waals surface area contributed by atoms with Gasteiger partial charge in [0.15, 0.2) is 0 Å². The highest BCUT2D eigenvalue weighted by Gasteiger charge is 2.47. The molecule has 1 saturated carbocycles. The van der Waals surface area contributed by atoms with Crippen LogP contribution in [-0.2, 0) is 10.0 Å². The minimum atomic E-state index is -3.06. The highest BCUT2D eigenvalue weighted by atomic mass is 32.2. The van der Waals surface area contributed by atoms with E-state index in [-0.39, 0.29) is 16.6 Å². The molecule has 0 N–H and O–H groups in total. The topological polar surface area (TPSA) is 70.6 Å². The normalized spacial score (nSPS) is 24.4. The molecule has 1 aromatic rings. The molecule has 4 rings (SSSR count). The van der Waals surface area contributed by atoms with Gasteiger partial charge in [-0.05, 0) is 49.7 Å². The van der Waals surface area contributed by atoms with Gasteiger partial charge in [-0.2, -0.15) is 0 Å². The van der Waals surface area contributed by atoms with Crippen LogP contribution in [0.15, 0.2) is 24.5 Å². The summed E-state index contributed by atoms with van der Waals surface area (Å²) in [7, 11) is -3.06. The minimum Gasteiger partial charge on any atom is -0.338 e. The second kappa shape index (κ2) is 5.81. The summed E-state index contributed by atoms with van der Waals surface area (Å²) in [4.78, 5) is 18.5. The first-order chi connectivity index (χ1) is 11.5. The lowest BCUT2D eigenvalue weighted by atomic mass is 9.78. The van der Waals surface area contributed by atoms with Gasteiger partial charge in [0.1, 0.15) is 0 Å². The third-order valence-electron chi connectivity index (χ3n) is 5.72. The van der Waals surface area contributed by atoms with E-state index in [2.05, 4.69) is 4.98 Å². The van der Waals surface area contributed by atoms with Crippen molar-refractivity contribution >= 4 is 15.9 Å². The minimum absolute atomic E-state index is 0.0352. The molecule has 0 atom stereocenters. The average Bonchev–Trinajstić information content (AvgIpc) is 3.39. The van der Waals surface area contributed by atoms with E-state index < -0.39 is 10.0 Å². The lowest BCUT2D eigenvalue weighted by Gasteiger charge is -2.38. The zero-order chi connectivity index (χ0) is 16.8. The van der Waals surface area contributed by atoms with E-state index in [0.29, 0.717) is 18.7 Å². The molecule has 6 nitrogen and oxygen atoms in total. The molecule has 1 spiro atoms. The molecule has 2 saturated heterocycles. The molecule has 0 aromatic carbocycles. The molecular weight excluding hydrogens is 326 g/mol. The molecule has 0 unspecified atom stereocenters. The highest BCUT2D eigenvalue weighted by molar-refractivity contribution is 7.90. The Bertz CT molecular complexity index is 723. The molecule has 2 aliphatic heterocycles. The Labute approximate surface area is 142 Å². The summed E-state index contributed by atoms with van der Waals surface area (Å²) in [6.45, 7) is 2.70. The molecule has 0 bridgehead atoms. The lowest BCUT2D eigenvalue weighted by Crippen LogP contribution is -2.45. The monoisotopic (exact) mass is 349 g/mol. The van der Waals surface area contributed by atoms with Gasteiger partial charge in [0, 0.05) is 38.6 Å². The van der Waals surface area contributed by atoms with E-state index in [0.717, 1.165) is 45.2 Å². The summed E-state index contributed by atoms with van der Waals surface area (Å²) in [5.41, 5.74) is 0.719. The number of sulfonamides is 1.